The lowest BCUT2D eigenvalue weighted by molar-refractivity contribution is 0.165. The minimum Gasteiger partial charge on any atom is -0.206 e. The van der Waals surface area contributed by atoms with Gasteiger partial charge < -0.3 is 0 Å². The minimum absolute atomic E-state index is 0.194. The van der Waals surface area contributed by atoms with E-state index < -0.39 is 15.8 Å². The van der Waals surface area contributed by atoms with Crippen LogP contribution in [0.5, 0.6) is 0 Å². The van der Waals surface area contributed by atoms with Gasteiger partial charge in [-0.15, -0.1) is 0 Å². The number of sulfonamides is 1. The number of piperidine rings is 1. The highest BCUT2D eigenvalue weighted by atomic mass is 32.2. The van der Waals surface area contributed by atoms with Gasteiger partial charge in [0.1, 0.15) is 0 Å². The summed E-state index contributed by atoms with van der Waals surface area (Å²) in [6.07, 6.45) is 1.53. The molecule has 0 bridgehead atoms. The van der Waals surface area contributed by atoms with Gasteiger partial charge in [0.15, 0.2) is 0 Å². The van der Waals surface area contributed by atoms with Gasteiger partial charge in [0.25, 0.3) is 10.0 Å². The van der Waals surface area contributed by atoms with Crippen LogP contribution in [0.25, 0.3) is 0 Å². The van der Waals surface area contributed by atoms with Crippen LogP contribution in [0.15, 0.2) is 0 Å². The zero-order valence-corrected chi connectivity index (χ0v) is 11.2. The van der Waals surface area contributed by atoms with Crippen LogP contribution < -0.4 is 0 Å². The van der Waals surface area contributed by atoms with E-state index in [1.807, 2.05) is 27.7 Å². The topological polar surface area (TPSA) is 37.4 Å². The maximum Gasteiger partial charge on any atom is 0.350 e. The van der Waals surface area contributed by atoms with Crippen molar-refractivity contribution in [3.05, 3.63) is 0 Å². The molecule has 0 aliphatic carbocycles. The number of alkyl halides is 2. The van der Waals surface area contributed by atoms with Crippen molar-refractivity contribution in [2.24, 2.45) is 5.41 Å². The van der Waals surface area contributed by atoms with E-state index in [4.69, 9.17) is 0 Å². The molecule has 16 heavy (non-hydrogen) atoms. The monoisotopic (exact) mass is 257 g/mol. The molecule has 1 saturated heterocycles. The Labute approximate surface area is 96.9 Å². The van der Waals surface area contributed by atoms with Crippen LogP contribution in [0.2, 0.25) is 0 Å². The summed E-state index contributed by atoms with van der Waals surface area (Å²) in [5, 5.41) is 0. The summed E-state index contributed by atoms with van der Waals surface area (Å²) in [5.74, 6) is -3.30. The van der Waals surface area contributed by atoms with E-state index in [9.17, 15) is 17.2 Å². The molecule has 3 nitrogen and oxygen atoms in total. The third-order valence-electron chi connectivity index (χ3n) is 2.45. The van der Waals surface area contributed by atoms with Gasteiger partial charge in [-0.3, -0.25) is 0 Å². The maximum atomic E-state index is 12.2. The average Bonchev–Trinajstić information content (AvgIpc) is 2.19. The van der Waals surface area contributed by atoms with E-state index in [2.05, 4.69) is 0 Å². The summed E-state index contributed by atoms with van der Waals surface area (Å²) >= 11 is 0. The molecule has 0 radical (unpaired) electrons. The second kappa shape index (κ2) is 5.91. The SMILES string of the molecule is CC.CC1(C)CCCN(S(=O)(=O)C(F)F)C1. The number of rotatable bonds is 2. The maximum absolute atomic E-state index is 12.2. The minimum atomic E-state index is -4.37. The van der Waals surface area contributed by atoms with Crippen LogP contribution in [0.4, 0.5) is 8.78 Å². The fourth-order valence-corrected chi connectivity index (χ4v) is 2.84. The Kier molecular flexibility index (Phi) is 5.82. The standard InChI is InChI=1S/C8H15F2NO2S.C2H6/c1-8(2)4-3-5-11(6-8)14(12,13)7(9)10;1-2/h7H,3-6H2,1-2H3;1-2H3. The van der Waals surface area contributed by atoms with E-state index in [-0.39, 0.29) is 18.5 Å². The fraction of sp³-hybridized carbons (Fsp3) is 1.00. The molecule has 1 aliphatic rings. The van der Waals surface area contributed by atoms with Crippen molar-refractivity contribution in [1.29, 1.82) is 0 Å². The number of hydrogen-bond acceptors (Lipinski definition) is 2. The van der Waals surface area contributed by atoms with E-state index in [1.165, 1.54) is 0 Å². The molecule has 0 spiro atoms. The first-order valence-corrected chi connectivity index (χ1v) is 7.03. The Hall–Kier alpha value is -0.230. The van der Waals surface area contributed by atoms with E-state index in [1.54, 1.807) is 0 Å². The van der Waals surface area contributed by atoms with Gasteiger partial charge in [0.05, 0.1) is 0 Å². The normalized spacial score (nSPS) is 21.4. The molecule has 98 valence electrons. The lowest BCUT2D eigenvalue weighted by Gasteiger charge is -2.36. The van der Waals surface area contributed by atoms with Crippen molar-refractivity contribution in [3.63, 3.8) is 0 Å². The van der Waals surface area contributed by atoms with E-state index in [0.717, 1.165) is 10.7 Å². The van der Waals surface area contributed by atoms with Crippen molar-refractivity contribution in [1.82, 2.24) is 4.31 Å². The Bertz CT molecular complexity index is 302. The Morgan fingerprint density at radius 1 is 1.25 bits per heavy atom. The number of halogens is 2. The molecule has 1 fully saturated rings. The van der Waals surface area contributed by atoms with Crippen LogP contribution in [0.1, 0.15) is 40.5 Å². The first kappa shape index (κ1) is 15.8. The molecule has 0 aromatic carbocycles. The highest BCUT2D eigenvalue weighted by Crippen LogP contribution is 2.31. The van der Waals surface area contributed by atoms with Crippen molar-refractivity contribution < 1.29 is 17.2 Å². The van der Waals surface area contributed by atoms with Crippen LogP contribution in [0.3, 0.4) is 0 Å². The second-order valence-corrected chi connectivity index (χ2v) is 6.31. The summed E-state index contributed by atoms with van der Waals surface area (Å²) in [7, 11) is -4.37. The lowest BCUT2D eigenvalue weighted by atomic mass is 9.85. The lowest BCUT2D eigenvalue weighted by Crippen LogP contribution is -2.45. The van der Waals surface area contributed by atoms with Gasteiger partial charge in [0.2, 0.25) is 0 Å². The molecule has 0 atom stereocenters. The molecule has 0 aromatic rings. The van der Waals surface area contributed by atoms with E-state index in [0.29, 0.717) is 6.42 Å². The highest BCUT2D eigenvalue weighted by Gasteiger charge is 2.37. The van der Waals surface area contributed by atoms with Crippen LogP contribution >= 0.6 is 0 Å². The van der Waals surface area contributed by atoms with Crippen LogP contribution in [-0.2, 0) is 10.0 Å². The zero-order valence-electron chi connectivity index (χ0n) is 10.3. The van der Waals surface area contributed by atoms with Gasteiger partial charge in [0, 0.05) is 13.1 Å². The molecule has 1 heterocycles. The molecule has 1 rings (SSSR count). The summed E-state index contributed by atoms with van der Waals surface area (Å²) in [5.41, 5.74) is -0.194. The van der Waals surface area contributed by atoms with Gasteiger partial charge in [-0.25, -0.2) is 8.42 Å². The quantitative estimate of drug-likeness (QED) is 0.762. The smallest absolute Gasteiger partial charge is 0.206 e. The molecular weight excluding hydrogens is 236 g/mol. The molecule has 0 saturated carbocycles. The summed E-state index contributed by atoms with van der Waals surface area (Å²) in [4.78, 5) is 0. The molecule has 0 amide bonds. The fourth-order valence-electron chi connectivity index (χ4n) is 1.70. The van der Waals surface area contributed by atoms with Gasteiger partial charge >= 0.3 is 5.76 Å². The summed E-state index contributed by atoms with van der Waals surface area (Å²) in [6, 6.07) is 0. The Morgan fingerprint density at radius 2 is 1.75 bits per heavy atom. The van der Waals surface area contributed by atoms with Gasteiger partial charge in [-0.2, -0.15) is 13.1 Å². The second-order valence-electron chi connectivity index (χ2n) is 4.41. The van der Waals surface area contributed by atoms with Crippen LogP contribution in [-0.4, -0.2) is 31.6 Å². The predicted octanol–water partition coefficient (Wildman–Crippen LogP) is 2.69. The summed E-state index contributed by atoms with van der Waals surface area (Å²) in [6.45, 7) is 8.19. The van der Waals surface area contributed by atoms with Crippen molar-refractivity contribution >= 4 is 10.0 Å². The number of hydrogen-bond donors (Lipinski definition) is 0. The molecule has 6 heteroatoms. The van der Waals surface area contributed by atoms with E-state index >= 15 is 0 Å². The van der Waals surface area contributed by atoms with Gasteiger partial charge in [-0.05, 0) is 18.3 Å². The molecule has 0 N–H and O–H groups in total. The Balaban J connectivity index is 0.00000106. The molecular formula is C10H21F2NO2S. The largest absolute Gasteiger partial charge is 0.350 e. The first-order chi connectivity index (χ1) is 7.26. The summed E-state index contributed by atoms with van der Waals surface area (Å²) < 4.78 is 47.6. The molecule has 1 aliphatic heterocycles. The highest BCUT2D eigenvalue weighted by molar-refractivity contribution is 7.89. The predicted molar refractivity (Wildman–Crippen MR) is 60.9 cm³/mol. The van der Waals surface area contributed by atoms with Gasteiger partial charge in [-0.1, -0.05) is 27.7 Å². The first-order valence-electron chi connectivity index (χ1n) is 5.53. The average molecular weight is 257 g/mol. The Morgan fingerprint density at radius 3 is 2.12 bits per heavy atom. The third-order valence-corrected chi connectivity index (χ3v) is 3.93. The zero-order chi connectivity index (χ0) is 13.0. The third kappa shape index (κ3) is 3.97. The molecule has 0 aromatic heterocycles. The number of nitrogens with zero attached hydrogens (tertiary/aromatic N) is 1. The van der Waals surface area contributed by atoms with Crippen molar-refractivity contribution in [2.45, 2.75) is 46.3 Å². The molecule has 0 unspecified atom stereocenters. The van der Waals surface area contributed by atoms with Crippen molar-refractivity contribution in [2.75, 3.05) is 13.1 Å². The van der Waals surface area contributed by atoms with Crippen LogP contribution in [0, 0.1) is 5.41 Å². The van der Waals surface area contributed by atoms with Crippen molar-refractivity contribution in [3.8, 4) is 0 Å².